The molecule has 2 nitrogen and oxygen atoms in total. The van der Waals surface area contributed by atoms with Crippen molar-refractivity contribution in [3.63, 3.8) is 0 Å². The minimum atomic E-state index is 0.556. The lowest BCUT2D eigenvalue weighted by Gasteiger charge is -2.07. The van der Waals surface area contributed by atoms with Crippen molar-refractivity contribution in [1.29, 1.82) is 0 Å². The van der Waals surface area contributed by atoms with Gasteiger partial charge in [-0.3, -0.25) is 0 Å². The van der Waals surface area contributed by atoms with Crippen molar-refractivity contribution in [2.75, 3.05) is 0 Å². The minimum absolute atomic E-state index is 0.556. The molecule has 112 valence electrons. The van der Waals surface area contributed by atoms with Crippen LogP contribution in [0.25, 0.3) is 16.8 Å². The van der Waals surface area contributed by atoms with Crippen LogP contribution >= 0.6 is 45.8 Å². The average molecular weight is 443 g/mol. The first-order valence-electron chi connectivity index (χ1n) is 6.75. The predicted octanol–water partition coefficient (Wildman–Crippen LogP) is 6.07. The van der Waals surface area contributed by atoms with Crippen LogP contribution in [-0.2, 0) is 0 Å². The number of benzene rings is 2. The molecule has 0 aliphatic carbocycles. The molecule has 0 amide bonds. The number of rotatable bonds is 2. The highest BCUT2D eigenvalue weighted by molar-refractivity contribution is 14.1. The van der Waals surface area contributed by atoms with E-state index in [9.17, 15) is 0 Å². The van der Waals surface area contributed by atoms with Gasteiger partial charge in [0.05, 0.1) is 21.4 Å². The largest absolute Gasteiger partial charge is 0.237 e. The molecule has 0 saturated carbocycles. The molecule has 0 radical (unpaired) electrons. The Morgan fingerprint density at radius 1 is 0.955 bits per heavy atom. The van der Waals surface area contributed by atoms with Crippen molar-refractivity contribution in [1.82, 2.24) is 9.78 Å². The van der Waals surface area contributed by atoms with Gasteiger partial charge in [0.25, 0.3) is 0 Å². The fraction of sp³-hybridized carbons (Fsp3) is 0.118. The van der Waals surface area contributed by atoms with E-state index in [1.807, 2.05) is 29.8 Å². The highest BCUT2D eigenvalue weighted by Gasteiger charge is 2.15. The lowest BCUT2D eigenvalue weighted by Crippen LogP contribution is -1.98. The first kappa shape index (κ1) is 15.8. The number of aryl methyl sites for hydroxylation is 1. The number of aromatic nitrogens is 2. The van der Waals surface area contributed by atoms with E-state index in [1.165, 1.54) is 3.57 Å². The van der Waals surface area contributed by atoms with Gasteiger partial charge in [0, 0.05) is 14.8 Å². The maximum absolute atomic E-state index is 6.15. The number of hydrogen-bond donors (Lipinski definition) is 0. The quantitative estimate of drug-likeness (QED) is 0.440. The summed E-state index contributed by atoms with van der Waals surface area (Å²) >= 11 is 14.5. The van der Waals surface area contributed by atoms with E-state index in [-0.39, 0.29) is 0 Å². The molecule has 0 bridgehead atoms. The van der Waals surface area contributed by atoms with Crippen LogP contribution in [-0.4, -0.2) is 9.78 Å². The third-order valence-electron chi connectivity index (χ3n) is 3.57. The molecule has 0 fully saturated rings. The Hall–Kier alpha value is -1.04. The van der Waals surface area contributed by atoms with Gasteiger partial charge in [-0.05, 0) is 78.4 Å². The summed E-state index contributed by atoms with van der Waals surface area (Å²) in [6.45, 7) is 4.07. The number of hydrogen-bond acceptors (Lipinski definition) is 1. The van der Waals surface area contributed by atoms with Crippen molar-refractivity contribution in [3.05, 3.63) is 67.5 Å². The van der Waals surface area contributed by atoms with Crippen LogP contribution in [0.4, 0.5) is 0 Å². The normalized spacial score (nSPS) is 11.0. The monoisotopic (exact) mass is 442 g/mol. The molecule has 5 heteroatoms. The molecule has 0 N–H and O–H groups in total. The first-order valence-corrected chi connectivity index (χ1v) is 8.58. The summed E-state index contributed by atoms with van der Waals surface area (Å²) in [7, 11) is 0. The van der Waals surface area contributed by atoms with Crippen molar-refractivity contribution >= 4 is 45.8 Å². The smallest absolute Gasteiger partial charge is 0.0679 e. The van der Waals surface area contributed by atoms with Gasteiger partial charge in [0.2, 0.25) is 0 Å². The second-order valence-corrected chi connectivity index (χ2v) is 7.12. The van der Waals surface area contributed by atoms with Gasteiger partial charge >= 0.3 is 0 Å². The van der Waals surface area contributed by atoms with Crippen LogP contribution in [0.3, 0.4) is 0 Å². The highest BCUT2D eigenvalue weighted by Crippen LogP contribution is 2.33. The summed E-state index contributed by atoms with van der Waals surface area (Å²) in [5.41, 5.74) is 5.22. The van der Waals surface area contributed by atoms with Crippen molar-refractivity contribution in [3.8, 4) is 16.8 Å². The zero-order chi connectivity index (χ0) is 15.9. The zero-order valence-corrected chi connectivity index (χ0v) is 15.7. The molecule has 0 aliphatic heterocycles. The molecule has 3 rings (SSSR count). The summed E-state index contributed by atoms with van der Waals surface area (Å²) in [5.74, 6) is 0. The van der Waals surface area contributed by atoms with Crippen LogP contribution in [0.2, 0.25) is 10.0 Å². The summed E-state index contributed by atoms with van der Waals surface area (Å²) in [4.78, 5) is 0. The van der Waals surface area contributed by atoms with Crippen molar-refractivity contribution < 1.29 is 0 Å². The van der Waals surface area contributed by atoms with Gasteiger partial charge in [0.15, 0.2) is 0 Å². The van der Waals surface area contributed by atoms with Gasteiger partial charge in [-0.25, -0.2) is 4.68 Å². The third-order valence-corrected chi connectivity index (χ3v) is 5.03. The van der Waals surface area contributed by atoms with Gasteiger partial charge in [0.1, 0.15) is 0 Å². The summed E-state index contributed by atoms with van der Waals surface area (Å²) < 4.78 is 3.16. The Bertz CT molecular complexity index is 839. The van der Waals surface area contributed by atoms with Crippen LogP contribution in [0, 0.1) is 17.4 Å². The van der Waals surface area contributed by atoms with Crippen molar-refractivity contribution in [2.45, 2.75) is 13.8 Å². The SMILES string of the molecule is Cc1nn(-c2ccc(I)cc2)c(C)c1-c1ccc(Cl)c(Cl)c1. The van der Waals surface area contributed by atoms with E-state index in [1.54, 1.807) is 0 Å². The fourth-order valence-electron chi connectivity index (χ4n) is 2.55. The lowest BCUT2D eigenvalue weighted by molar-refractivity contribution is 0.833. The third kappa shape index (κ3) is 2.90. The van der Waals surface area contributed by atoms with Crippen LogP contribution < -0.4 is 0 Å². The molecule has 0 aliphatic rings. The summed E-state index contributed by atoms with van der Waals surface area (Å²) in [6.07, 6.45) is 0. The molecule has 0 unspecified atom stereocenters. The Morgan fingerprint density at radius 3 is 2.27 bits per heavy atom. The molecule has 0 spiro atoms. The molecular formula is C17H13Cl2IN2. The second-order valence-electron chi connectivity index (χ2n) is 5.06. The maximum atomic E-state index is 6.15. The second kappa shape index (κ2) is 6.22. The highest BCUT2D eigenvalue weighted by atomic mass is 127. The topological polar surface area (TPSA) is 17.8 Å². The van der Waals surface area contributed by atoms with Gasteiger partial charge < -0.3 is 0 Å². The molecule has 1 heterocycles. The van der Waals surface area contributed by atoms with Crippen LogP contribution in [0.1, 0.15) is 11.4 Å². The summed E-state index contributed by atoms with van der Waals surface area (Å²) in [5, 5.41) is 5.79. The molecule has 2 aromatic carbocycles. The minimum Gasteiger partial charge on any atom is -0.237 e. The van der Waals surface area contributed by atoms with E-state index in [4.69, 9.17) is 23.2 Å². The predicted molar refractivity (Wildman–Crippen MR) is 101 cm³/mol. The molecule has 0 atom stereocenters. The molecule has 22 heavy (non-hydrogen) atoms. The Labute approximate surface area is 153 Å². The van der Waals surface area contributed by atoms with E-state index in [0.717, 1.165) is 28.2 Å². The number of halogens is 3. The molecule has 0 saturated heterocycles. The molecule has 3 aromatic rings. The standard InChI is InChI=1S/C17H13Cl2IN2/c1-10-17(12-3-8-15(18)16(19)9-12)11(2)22(21-10)14-6-4-13(20)5-7-14/h3-9H,1-2H3. The van der Waals surface area contributed by atoms with Crippen LogP contribution in [0.15, 0.2) is 42.5 Å². The van der Waals surface area contributed by atoms with Crippen LogP contribution in [0.5, 0.6) is 0 Å². The zero-order valence-electron chi connectivity index (χ0n) is 12.1. The molecule has 1 aromatic heterocycles. The van der Waals surface area contributed by atoms with E-state index < -0.39 is 0 Å². The summed E-state index contributed by atoms with van der Waals surface area (Å²) in [6, 6.07) is 14.0. The van der Waals surface area contributed by atoms with E-state index in [2.05, 4.69) is 58.9 Å². The van der Waals surface area contributed by atoms with Crippen molar-refractivity contribution in [2.24, 2.45) is 0 Å². The van der Waals surface area contributed by atoms with E-state index in [0.29, 0.717) is 10.0 Å². The Kier molecular flexibility index (Phi) is 4.48. The molecular weight excluding hydrogens is 430 g/mol. The lowest BCUT2D eigenvalue weighted by atomic mass is 10.0. The fourth-order valence-corrected chi connectivity index (χ4v) is 3.20. The first-order chi connectivity index (χ1) is 10.5. The van der Waals surface area contributed by atoms with Gasteiger partial charge in [-0.2, -0.15) is 5.10 Å². The van der Waals surface area contributed by atoms with E-state index >= 15 is 0 Å². The Balaban J connectivity index is 2.14. The number of nitrogens with zero attached hydrogens (tertiary/aromatic N) is 2. The van der Waals surface area contributed by atoms with Gasteiger partial charge in [-0.1, -0.05) is 29.3 Å². The Morgan fingerprint density at radius 2 is 1.64 bits per heavy atom. The van der Waals surface area contributed by atoms with Gasteiger partial charge in [-0.15, -0.1) is 0 Å². The maximum Gasteiger partial charge on any atom is 0.0679 e. The average Bonchev–Trinajstić information content (AvgIpc) is 2.78.